The van der Waals surface area contributed by atoms with Crippen LogP contribution in [0.15, 0.2) is 0 Å². The maximum absolute atomic E-state index is 10.7. The predicted molar refractivity (Wildman–Crippen MR) is 46.3 cm³/mol. The standard InChI is InChI=1S/C6H12N4O4/c7-5(8)3-1-2-4-6(5,9(11)12)10(13)14/h1-4,7-8H2. The van der Waals surface area contributed by atoms with Gasteiger partial charge in [0.2, 0.25) is 5.66 Å². The number of hydrogen-bond acceptors (Lipinski definition) is 6. The van der Waals surface area contributed by atoms with Crippen LogP contribution in [0.25, 0.3) is 0 Å². The minimum Gasteiger partial charge on any atom is -0.301 e. The number of nitrogens with zero attached hydrogens (tertiary/aromatic N) is 2. The summed E-state index contributed by atoms with van der Waals surface area (Å²) in [5, 5.41) is 21.5. The first-order chi connectivity index (χ1) is 6.34. The van der Waals surface area contributed by atoms with Gasteiger partial charge in [-0.25, -0.2) is 0 Å². The molecule has 1 rings (SSSR count). The van der Waals surface area contributed by atoms with E-state index in [4.69, 9.17) is 11.5 Å². The van der Waals surface area contributed by atoms with Gasteiger partial charge in [-0.2, -0.15) is 0 Å². The minimum absolute atomic E-state index is 0.0922. The van der Waals surface area contributed by atoms with Gasteiger partial charge in [-0.1, -0.05) is 0 Å². The van der Waals surface area contributed by atoms with E-state index in [2.05, 4.69) is 0 Å². The zero-order valence-corrected chi connectivity index (χ0v) is 7.51. The van der Waals surface area contributed by atoms with Crippen LogP contribution in [0, 0.1) is 20.2 Å². The van der Waals surface area contributed by atoms with Crippen molar-refractivity contribution in [2.45, 2.75) is 37.0 Å². The molecule has 8 heteroatoms. The van der Waals surface area contributed by atoms with Gasteiger partial charge in [0.25, 0.3) is 0 Å². The van der Waals surface area contributed by atoms with Gasteiger partial charge >= 0.3 is 5.66 Å². The molecule has 14 heavy (non-hydrogen) atoms. The smallest absolute Gasteiger partial charge is 0.301 e. The highest BCUT2D eigenvalue weighted by Crippen LogP contribution is 2.35. The summed E-state index contributed by atoms with van der Waals surface area (Å²) < 4.78 is 0. The van der Waals surface area contributed by atoms with Crippen molar-refractivity contribution in [3.8, 4) is 0 Å². The Balaban J connectivity index is 3.18. The molecule has 0 aromatic rings. The van der Waals surface area contributed by atoms with E-state index in [1.807, 2.05) is 0 Å². The summed E-state index contributed by atoms with van der Waals surface area (Å²) in [4.78, 5) is 19.5. The van der Waals surface area contributed by atoms with Crippen LogP contribution >= 0.6 is 0 Å². The van der Waals surface area contributed by atoms with Crippen molar-refractivity contribution in [3.05, 3.63) is 20.2 Å². The van der Waals surface area contributed by atoms with Crippen molar-refractivity contribution in [2.75, 3.05) is 0 Å². The zero-order valence-electron chi connectivity index (χ0n) is 7.51. The van der Waals surface area contributed by atoms with Gasteiger partial charge in [-0.15, -0.1) is 0 Å². The lowest BCUT2D eigenvalue weighted by Crippen LogP contribution is -2.74. The molecular weight excluding hydrogens is 192 g/mol. The van der Waals surface area contributed by atoms with Crippen LogP contribution in [0.4, 0.5) is 0 Å². The zero-order chi connectivity index (χ0) is 11.0. The van der Waals surface area contributed by atoms with E-state index in [1.165, 1.54) is 0 Å². The monoisotopic (exact) mass is 204 g/mol. The molecule has 80 valence electrons. The first kappa shape index (κ1) is 10.8. The molecule has 0 aromatic heterocycles. The summed E-state index contributed by atoms with van der Waals surface area (Å²) in [5.41, 5.74) is 6.62. The fourth-order valence-electron chi connectivity index (χ4n) is 1.81. The number of nitro groups is 2. The van der Waals surface area contributed by atoms with E-state index in [9.17, 15) is 20.2 Å². The second-order valence-corrected chi connectivity index (χ2v) is 3.58. The quantitative estimate of drug-likeness (QED) is 0.350. The Labute approximate surface area is 79.5 Å². The molecule has 0 unspecified atom stereocenters. The van der Waals surface area contributed by atoms with E-state index in [0.29, 0.717) is 12.8 Å². The fraction of sp³-hybridized carbons (Fsp3) is 1.00. The Morgan fingerprint density at radius 2 is 1.43 bits per heavy atom. The highest BCUT2D eigenvalue weighted by atomic mass is 16.7. The topological polar surface area (TPSA) is 138 Å². The first-order valence-electron chi connectivity index (χ1n) is 4.21. The van der Waals surface area contributed by atoms with Crippen LogP contribution < -0.4 is 11.5 Å². The van der Waals surface area contributed by atoms with E-state index < -0.39 is 21.2 Å². The van der Waals surface area contributed by atoms with Gasteiger partial charge < -0.3 is 11.5 Å². The molecule has 0 bridgehead atoms. The van der Waals surface area contributed by atoms with Gasteiger partial charge in [0.05, 0.1) is 6.42 Å². The van der Waals surface area contributed by atoms with Gasteiger partial charge in [0.15, 0.2) is 0 Å². The Kier molecular flexibility index (Phi) is 2.42. The third-order valence-corrected chi connectivity index (χ3v) is 2.72. The molecule has 1 saturated carbocycles. The largest absolute Gasteiger partial charge is 0.488 e. The second kappa shape index (κ2) is 3.14. The number of hydrogen-bond donors (Lipinski definition) is 2. The van der Waals surface area contributed by atoms with Crippen LogP contribution in [-0.2, 0) is 0 Å². The normalized spacial score (nSPS) is 24.1. The molecule has 0 heterocycles. The third kappa shape index (κ3) is 1.23. The first-order valence-corrected chi connectivity index (χ1v) is 4.21. The molecule has 8 nitrogen and oxygen atoms in total. The maximum atomic E-state index is 10.7. The Morgan fingerprint density at radius 1 is 1.00 bits per heavy atom. The molecule has 0 radical (unpaired) electrons. The van der Waals surface area contributed by atoms with E-state index in [1.54, 1.807) is 0 Å². The Bertz CT molecular complexity index is 263. The summed E-state index contributed by atoms with van der Waals surface area (Å²) in [6.07, 6.45) is 0.865. The average Bonchev–Trinajstić information content (AvgIpc) is 2.02. The summed E-state index contributed by atoms with van der Waals surface area (Å²) in [6, 6.07) is 0. The fourth-order valence-corrected chi connectivity index (χ4v) is 1.81. The third-order valence-electron chi connectivity index (χ3n) is 2.72. The highest BCUT2D eigenvalue weighted by molar-refractivity contribution is 4.95. The van der Waals surface area contributed by atoms with Crippen molar-refractivity contribution < 1.29 is 9.85 Å². The van der Waals surface area contributed by atoms with Crippen LogP contribution in [0.3, 0.4) is 0 Å². The lowest BCUT2D eigenvalue weighted by molar-refractivity contribution is -0.810. The van der Waals surface area contributed by atoms with Crippen molar-refractivity contribution in [1.29, 1.82) is 0 Å². The Hall–Kier alpha value is -1.28. The van der Waals surface area contributed by atoms with Crippen LogP contribution in [0.5, 0.6) is 0 Å². The molecule has 0 saturated heterocycles. The molecule has 1 fully saturated rings. The summed E-state index contributed by atoms with van der Waals surface area (Å²) in [7, 11) is 0. The molecule has 0 spiro atoms. The second-order valence-electron chi connectivity index (χ2n) is 3.58. The van der Waals surface area contributed by atoms with E-state index in [-0.39, 0.29) is 12.8 Å². The molecule has 1 aliphatic rings. The molecule has 0 atom stereocenters. The van der Waals surface area contributed by atoms with E-state index >= 15 is 0 Å². The van der Waals surface area contributed by atoms with Crippen molar-refractivity contribution in [3.63, 3.8) is 0 Å². The SMILES string of the molecule is NC1(N)CCCCC1([N+](=O)[O-])[N+](=O)[O-]. The molecule has 0 aliphatic heterocycles. The van der Waals surface area contributed by atoms with Crippen molar-refractivity contribution in [2.24, 2.45) is 11.5 Å². The minimum atomic E-state index is -2.43. The van der Waals surface area contributed by atoms with Crippen LogP contribution in [0.2, 0.25) is 0 Å². The summed E-state index contributed by atoms with van der Waals surface area (Å²) in [6.45, 7) is 0. The maximum Gasteiger partial charge on any atom is 0.488 e. The van der Waals surface area contributed by atoms with E-state index in [0.717, 1.165) is 0 Å². The molecule has 0 aromatic carbocycles. The molecule has 0 amide bonds. The van der Waals surface area contributed by atoms with Gasteiger partial charge in [0, 0.05) is 0 Å². The van der Waals surface area contributed by atoms with Gasteiger partial charge in [-0.3, -0.25) is 20.2 Å². The Morgan fingerprint density at radius 3 is 1.71 bits per heavy atom. The average molecular weight is 204 g/mol. The summed E-state index contributed by atoms with van der Waals surface area (Å²) in [5.74, 6) is 0. The van der Waals surface area contributed by atoms with Crippen LogP contribution in [0.1, 0.15) is 25.7 Å². The molecular formula is C6H12N4O4. The van der Waals surface area contributed by atoms with Crippen LogP contribution in [-0.4, -0.2) is 21.2 Å². The lowest BCUT2D eigenvalue weighted by Gasteiger charge is -2.34. The van der Waals surface area contributed by atoms with Gasteiger partial charge in [-0.05, 0) is 19.3 Å². The van der Waals surface area contributed by atoms with Crippen molar-refractivity contribution >= 4 is 0 Å². The molecule has 1 aliphatic carbocycles. The number of nitrogens with two attached hydrogens (primary N) is 2. The predicted octanol–water partition coefficient (Wildman–Crippen LogP) is -0.576. The highest BCUT2D eigenvalue weighted by Gasteiger charge is 2.70. The van der Waals surface area contributed by atoms with Gasteiger partial charge in [0.1, 0.15) is 9.85 Å². The summed E-state index contributed by atoms with van der Waals surface area (Å²) >= 11 is 0. The lowest BCUT2D eigenvalue weighted by atomic mass is 9.80. The molecule has 4 N–H and O–H groups in total. The number of rotatable bonds is 2. The van der Waals surface area contributed by atoms with Crippen molar-refractivity contribution in [1.82, 2.24) is 0 Å².